The van der Waals surface area contributed by atoms with Gasteiger partial charge in [0.2, 0.25) is 0 Å². The first-order valence-electron chi connectivity index (χ1n) is 6.57. The van der Waals surface area contributed by atoms with E-state index >= 15 is 0 Å². The van der Waals surface area contributed by atoms with Gasteiger partial charge in [-0.05, 0) is 17.7 Å². The van der Waals surface area contributed by atoms with Crippen molar-refractivity contribution in [2.24, 2.45) is 0 Å². The fraction of sp³-hybridized carbons (Fsp3) is 0.0588. The largest absolute Gasteiger partial charge is 0.507 e. The lowest BCUT2D eigenvalue weighted by Crippen LogP contribution is -2.08. The summed E-state index contributed by atoms with van der Waals surface area (Å²) in [6.45, 7) is 0. The van der Waals surface area contributed by atoms with Gasteiger partial charge in [0.25, 0.3) is 5.78 Å². The zero-order chi connectivity index (χ0) is 15.7. The number of Topliss-reactive ketones (excluding diaryl/α,β-unsaturated/α-hetero) is 1. The van der Waals surface area contributed by atoms with Gasteiger partial charge in [0, 0.05) is 10.0 Å². The summed E-state index contributed by atoms with van der Waals surface area (Å²) in [5.41, 5.74) is 1.06. The molecule has 2 aromatic rings. The van der Waals surface area contributed by atoms with Gasteiger partial charge in [-0.2, -0.15) is 0 Å². The Kier molecular flexibility index (Phi) is 3.81. The minimum atomic E-state index is -0.951. The van der Waals surface area contributed by atoms with Crippen molar-refractivity contribution >= 4 is 33.4 Å². The number of hydrogen-bond donors (Lipinski definition) is 1. The highest BCUT2D eigenvalue weighted by molar-refractivity contribution is 9.10. The third-order valence-electron chi connectivity index (χ3n) is 3.39. The number of benzene rings is 2. The number of aliphatic hydroxyl groups is 1. The van der Waals surface area contributed by atoms with E-state index in [0.29, 0.717) is 11.1 Å². The predicted octanol–water partition coefficient (Wildman–Crippen LogP) is 3.59. The zero-order valence-electron chi connectivity index (χ0n) is 11.3. The summed E-state index contributed by atoms with van der Waals surface area (Å²) in [6.07, 6.45) is -0.884. The maximum atomic E-state index is 12.1. The van der Waals surface area contributed by atoms with Gasteiger partial charge in [-0.3, -0.25) is 4.79 Å². The molecule has 3 rings (SSSR count). The molecule has 4 nitrogen and oxygen atoms in total. The topological polar surface area (TPSA) is 63.6 Å². The van der Waals surface area contributed by atoms with Crippen LogP contribution in [-0.4, -0.2) is 16.9 Å². The second kappa shape index (κ2) is 5.77. The number of hydrogen-bond acceptors (Lipinski definition) is 4. The Bertz CT molecular complexity index is 763. The molecule has 0 amide bonds. The molecule has 1 atom stereocenters. The third kappa shape index (κ3) is 2.55. The summed E-state index contributed by atoms with van der Waals surface area (Å²) in [7, 11) is 0. The molecule has 5 heteroatoms. The van der Waals surface area contributed by atoms with E-state index < -0.39 is 17.9 Å². The average Bonchev–Trinajstić information content (AvgIpc) is 2.84. The molecule has 0 bridgehead atoms. The molecule has 22 heavy (non-hydrogen) atoms. The van der Waals surface area contributed by atoms with Crippen LogP contribution in [0.4, 0.5) is 0 Å². The van der Waals surface area contributed by atoms with Crippen LogP contribution >= 0.6 is 15.9 Å². The number of ketones is 1. The van der Waals surface area contributed by atoms with Crippen LogP contribution in [0.2, 0.25) is 0 Å². The van der Waals surface area contributed by atoms with Crippen molar-refractivity contribution in [1.82, 2.24) is 0 Å². The number of rotatable bonds is 2. The van der Waals surface area contributed by atoms with Crippen LogP contribution in [0.1, 0.15) is 17.2 Å². The minimum Gasteiger partial charge on any atom is -0.507 e. The first kappa shape index (κ1) is 14.5. The molecule has 1 aliphatic heterocycles. The highest BCUT2D eigenvalue weighted by Gasteiger charge is 2.42. The molecule has 2 aromatic carbocycles. The van der Waals surface area contributed by atoms with Crippen LogP contribution in [0, 0.1) is 0 Å². The van der Waals surface area contributed by atoms with Crippen LogP contribution in [0.15, 0.2) is 64.6 Å². The first-order valence-corrected chi connectivity index (χ1v) is 7.36. The van der Waals surface area contributed by atoms with Gasteiger partial charge in [0.1, 0.15) is 5.76 Å². The summed E-state index contributed by atoms with van der Waals surface area (Å²) in [6, 6.07) is 15.7. The molecule has 1 saturated heterocycles. The SMILES string of the molecule is O=C1O[C@H](c2ccccc2)/C(=C(\O)c2ccc(Br)cc2)C1=O. The van der Waals surface area contributed by atoms with Crippen molar-refractivity contribution in [2.45, 2.75) is 6.10 Å². The lowest BCUT2D eigenvalue weighted by molar-refractivity contribution is -0.149. The van der Waals surface area contributed by atoms with Crippen molar-refractivity contribution in [2.75, 3.05) is 0 Å². The van der Waals surface area contributed by atoms with Gasteiger partial charge in [0.05, 0.1) is 5.57 Å². The second-order valence-electron chi connectivity index (χ2n) is 4.79. The molecular weight excluding hydrogens is 348 g/mol. The van der Waals surface area contributed by atoms with Crippen molar-refractivity contribution < 1.29 is 19.4 Å². The van der Waals surface area contributed by atoms with Gasteiger partial charge in [0.15, 0.2) is 6.10 Å². The van der Waals surface area contributed by atoms with E-state index in [9.17, 15) is 14.7 Å². The molecule has 0 spiro atoms. The van der Waals surface area contributed by atoms with Gasteiger partial charge < -0.3 is 9.84 Å². The molecule has 0 aromatic heterocycles. The van der Waals surface area contributed by atoms with Crippen LogP contribution in [0.25, 0.3) is 5.76 Å². The Labute approximate surface area is 135 Å². The van der Waals surface area contributed by atoms with E-state index in [0.717, 1.165) is 4.47 Å². The van der Waals surface area contributed by atoms with E-state index in [2.05, 4.69) is 15.9 Å². The maximum Gasteiger partial charge on any atom is 0.380 e. The van der Waals surface area contributed by atoms with Crippen molar-refractivity contribution in [3.8, 4) is 0 Å². The van der Waals surface area contributed by atoms with Crippen molar-refractivity contribution in [3.05, 3.63) is 75.8 Å². The van der Waals surface area contributed by atoms with Gasteiger partial charge in [-0.1, -0.05) is 58.4 Å². The molecule has 0 unspecified atom stereocenters. The summed E-state index contributed by atoms with van der Waals surface area (Å²) >= 11 is 3.30. The third-order valence-corrected chi connectivity index (χ3v) is 3.92. The van der Waals surface area contributed by atoms with Crippen LogP contribution < -0.4 is 0 Å². The van der Waals surface area contributed by atoms with Crippen LogP contribution in [0.3, 0.4) is 0 Å². The number of ether oxygens (including phenoxy) is 1. The Balaban J connectivity index is 2.11. The summed E-state index contributed by atoms with van der Waals surface area (Å²) < 4.78 is 5.97. The summed E-state index contributed by atoms with van der Waals surface area (Å²) in [4.78, 5) is 23.7. The van der Waals surface area contributed by atoms with E-state index in [1.54, 1.807) is 48.5 Å². The lowest BCUT2D eigenvalue weighted by Gasteiger charge is -2.12. The number of aliphatic hydroxyl groups excluding tert-OH is 1. The Morgan fingerprint density at radius 1 is 1.00 bits per heavy atom. The van der Waals surface area contributed by atoms with Gasteiger partial charge in [-0.15, -0.1) is 0 Å². The standard InChI is InChI=1S/C17H11BrO4/c18-12-8-6-10(7-9-12)14(19)13-15(20)17(21)22-16(13)11-4-2-1-3-5-11/h1-9,16,19H/b14-13-/t16-/m1/s1. The van der Waals surface area contributed by atoms with E-state index in [-0.39, 0.29) is 11.3 Å². The smallest absolute Gasteiger partial charge is 0.380 e. The zero-order valence-corrected chi connectivity index (χ0v) is 12.9. The molecule has 110 valence electrons. The number of halogens is 1. The number of carbonyl (C=O) groups excluding carboxylic acids is 2. The Morgan fingerprint density at radius 3 is 2.27 bits per heavy atom. The average molecular weight is 359 g/mol. The van der Waals surface area contributed by atoms with Gasteiger partial charge >= 0.3 is 5.97 Å². The van der Waals surface area contributed by atoms with Gasteiger partial charge in [-0.25, -0.2) is 4.79 Å². The molecule has 0 radical (unpaired) electrons. The first-order chi connectivity index (χ1) is 10.6. The molecule has 1 N–H and O–H groups in total. The monoisotopic (exact) mass is 358 g/mol. The molecule has 1 fully saturated rings. The molecular formula is C17H11BrO4. The summed E-state index contributed by atoms with van der Waals surface area (Å²) in [5.74, 6) is -2.00. The lowest BCUT2D eigenvalue weighted by atomic mass is 9.97. The Hall–Kier alpha value is -2.40. The minimum absolute atomic E-state index is 0.0291. The number of carbonyl (C=O) groups is 2. The highest BCUT2D eigenvalue weighted by atomic mass is 79.9. The quantitative estimate of drug-likeness (QED) is 0.385. The van der Waals surface area contributed by atoms with E-state index in [1.165, 1.54) is 0 Å². The van der Waals surface area contributed by atoms with E-state index in [1.807, 2.05) is 6.07 Å². The number of cyclic esters (lactones) is 1. The number of esters is 1. The molecule has 0 saturated carbocycles. The van der Waals surface area contributed by atoms with Crippen LogP contribution in [0.5, 0.6) is 0 Å². The summed E-state index contributed by atoms with van der Waals surface area (Å²) in [5, 5.41) is 10.4. The Morgan fingerprint density at radius 2 is 1.64 bits per heavy atom. The molecule has 1 aliphatic rings. The highest BCUT2D eigenvalue weighted by Crippen LogP contribution is 2.36. The fourth-order valence-corrected chi connectivity index (χ4v) is 2.57. The van der Waals surface area contributed by atoms with Crippen molar-refractivity contribution in [1.29, 1.82) is 0 Å². The predicted molar refractivity (Wildman–Crippen MR) is 84.0 cm³/mol. The maximum absolute atomic E-state index is 12.1. The molecule has 1 heterocycles. The fourth-order valence-electron chi connectivity index (χ4n) is 2.31. The second-order valence-corrected chi connectivity index (χ2v) is 5.71. The normalized spacial score (nSPS) is 20.0. The van der Waals surface area contributed by atoms with Crippen LogP contribution in [-0.2, 0) is 14.3 Å². The van der Waals surface area contributed by atoms with E-state index in [4.69, 9.17) is 4.74 Å². The van der Waals surface area contributed by atoms with Crippen molar-refractivity contribution in [3.63, 3.8) is 0 Å². The molecule has 0 aliphatic carbocycles.